The molecule has 23 nitrogen and oxygen atoms in total. The number of fused-ring (bicyclic) bond motifs is 1. The van der Waals surface area contributed by atoms with Crippen LogP contribution in [0.15, 0.2) is 48.5 Å². The maximum atomic E-state index is 14.4. The third kappa shape index (κ3) is 27.7. The minimum absolute atomic E-state index is 0.00232. The number of thioether (sulfide) groups is 1. The summed E-state index contributed by atoms with van der Waals surface area (Å²) in [6.45, 7) is 19.7. The second-order valence-corrected chi connectivity index (χ2v) is 24.8. The molecule has 0 saturated carbocycles. The van der Waals surface area contributed by atoms with E-state index in [1.165, 1.54) is 11.8 Å². The lowest BCUT2D eigenvalue weighted by Gasteiger charge is -2.35. The first-order valence-electron chi connectivity index (χ1n) is 28.5. The van der Waals surface area contributed by atoms with Gasteiger partial charge >= 0.3 is 30.0 Å². The molecule has 2 aromatic rings. The van der Waals surface area contributed by atoms with Gasteiger partial charge in [-0.05, 0) is 129 Å². The van der Waals surface area contributed by atoms with Crippen molar-refractivity contribution in [1.29, 1.82) is 0 Å². The van der Waals surface area contributed by atoms with Crippen molar-refractivity contribution in [2.75, 3.05) is 110 Å². The third-order valence-corrected chi connectivity index (χ3v) is 13.8. The summed E-state index contributed by atoms with van der Waals surface area (Å²) in [4.78, 5) is 128. The van der Waals surface area contributed by atoms with Crippen molar-refractivity contribution >= 4 is 65.4 Å². The molecule has 1 saturated heterocycles. The van der Waals surface area contributed by atoms with E-state index in [9.17, 15) is 48.3 Å². The van der Waals surface area contributed by atoms with Gasteiger partial charge in [0.05, 0.1) is 32.7 Å². The molecule has 2 aromatic carbocycles. The Kier molecular flexibility index (Phi) is 28.2. The zero-order chi connectivity index (χ0) is 61.3. The van der Waals surface area contributed by atoms with Gasteiger partial charge in [-0.1, -0.05) is 42.5 Å². The Hall–Kier alpha value is -6.34. The number of carbonyl (C=O) groups is 9. The topological polar surface area (TPSA) is 275 Å². The molecule has 1 fully saturated rings. The molecule has 2 aliphatic rings. The van der Waals surface area contributed by atoms with Gasteiger partial charge in [0.25, 0.3) is 5.91 Å². The van der Waals surface area contributed by atoms with Crippen LogP contribution in [0.3, 0.4) is 0 Å². The van der Waals surface area contributed by atoms with Gasteiger partial charge in [0, 0.05) is 77.6 Å². The van der Waals surface area contributed by atoms with E-state index in [2.05, 4.69) is 21.3 Å². The number of esters is 3. The van der Waals surface area contributed by atoms with E-state index in [0.29, 0.717) is 89.5 Å². The largest absolute Gasteiger partial charge is 0.480 e. The van der Waals surface area contributed by atoms with Gasteiger partial charge in [-0.25, -0.2) is 9.59 Å². The molecule has 4 rings (SSSR count). The van der Waals surface area contributed by atoms with E-state index < -0.39 is 83.1 Å². The fourth-order valence-electron chi connectivity index (χ4n) is 9.18. The summed E-state index contributed by atoms with van der Waals surface area (Å²) in [6.07, 6.45) is 2.71. The highest BCUT2D eigenvalue weighted by Crippen LogP contribution is 2.24. The van der Waals surface area contributed by atoms with E-state index in [1.807, 2.05) is 62.3 Å². The number of carboxylic acids is 1. The smallest absolute Gasteiger partial charge is 0.407 e. The Morgan fingerprint density at radius 3 is 1.61 bits per heavy atom. The number of nitrogens with one attached hydrogen (secondary N) is 4. The molecular formula is C59H91N9O14S. The number of hydrogen-bond donors (Lipinski definition) is 5. The number of carbonyl (C=O) groups excluding carboxylic acids is 8. The fourth-order valence-corrected chi connectivity index (χ4v) is 9.65. The highest BCUT2D eigenvalue weighted by molar-refractivity contribution is 7.98. The number of rotatable bonds is 25. The second kappa shape index (κ2) is 33.8. The van der Waals surface area contributed by atoms with Crippen LogP contribution >= 0.6 is 11.8 Å². The van der Waals surface area contributed by atoms with Gasteiger partial charge in [0.15, 0.2) is 0 Å². The number of ether oxygens (including phenoxy) is 4. The van der Waals surface area contributed by atoms with Crippen LogP contribution in [0.4, 0.5) is 4.79 Å². The molecule has 0 aromatic heterocycles. The fraction of sp³-hybridized carbons (Fsp3) is 0.644. The maximum absolute atomic E-state index is 14.4. The molecule has 0 bridgehead atoms. The summed E-state index contributed by atoms with van der Waals surface area (Å²) >= 11 is 1.47. The van der Waals surface area contributed by atoms with Crippen LogP contribution in [0.5, 0.6) is 0 Å². The van der Waals surface area contributed by atoms with Crippen molar-refractivity contribution < 1.29 is 67.2 Å². The van der Waals surface area contributed by atoms with Crippen LogP contribution in [0.25, 0.3) is 0 Å². The van der Waals surface area contributed by atoms with Crippen LogP contribution < -0.4 is 21.3 Å². The molecule has 83 heavy (non-hydrogen) atoms. The standard InChI is InChI=1S/C59H91N9O14S/c1-57(2,3)80-50(71)38-65-28-26-64(27-29-66(39-51(72)81-58(4,5)6)31-33-67(32-30-65)40-52(73)82-59(7,8)9)37-49(70)68-25-22-44-43(36-68)19-16-20-45(44)53(74)63-46(23-34-83-10)54(75)61-35-48(69)62-47(55(76)77)21-14-15-24-60-56(78)79-41-42-17-12-11-13-18-42/h11-13,16-20,46-47H,14-15,21-41H2,1-10H3,(H,60,78)(H,61,75)(H,62,69)(H,63,74)(H,76,77)/t46-,47-/m0/s1. The number of aliphatic carboxylic acids is 1. The summed E-state index contributed by atoms with van der Waals surface area (Å²) in [7, 11) is 0. The second-order valence-electron chi connectivity index (χ2n) is 23.8. The highest BCUT2D eigenvalue weighted by atomic mass is 32.2. The highest BCUT2D eigenvalue weighted by Gasteiger charge is 2.31. The van der Waals surface area contributed by atoms with E-state index in [0.717, 1.165) is 16.7 Å². The average molecular weight is 1180 g/mol. The number of benzene rings is 2. The van der Waals surface area contributed by atoms with Gasteiger partial charge in [0.1, 0.15) is 35.5 Å². The van der Waals surface area contributed by atoms with Crippen molar-refractivity contribution in [2.24, 2.45) is 0 Å². The number of hydrogen-bond acceptors (Lipinski definition) is 18. The predicted octanol–water partition coefficient (Wildman–Crippen LogP) is 3.45. The Balaban J connectivity index is 1.39. The van der Waals surface area contributed by atoms with Gasteiger partial charge < -0.3 is 50.2 Å². The molecule has 2 atom stereocenters. The lowest BCUT2D eigenvalue weighted by atomic mass is 9.93. The van der Waals surface area contributed by atoms with Crippen molar-refractivity contribution in [2.45, 2.75) is 136 Å². The Bertz CT molecular complexity index is 2440. The molecule has 5 N–H and O–H groups in total. The SMILES string of the molecule is CSCC[C@H](NC(=O)c1cccc2c1CCN(C(=O)CN1CCN(CC(=O)OC(C)(C)C)CCN(CC(=O)OC(C)(C)C)CCN(CC(=O)OC(C)(C)C)CC1)C2)C(=O)NCC(=O)N[C@@H](CCCCNC(=O)OCc1ccccc1)C(=O)O. The number of carboxylic acid groups (broad SMARTS) is 1. The molecule has 0 unspecified atom stereocenters. The molecule has 0 aliphatic carbocycles. The molecule has 2 heterocycles. The number of alkyl carbamates (subject to hydrolysis) is 1. The summed E-state index contributed by atoms with van der Waals surface area (Å²) in [5, 5.41) is 20.3. The third-order valence-electron chi connectivity index (χ3n) is 13.2. The summed E-state index contributed by atoms with van der Waals surface area (Å²) in [5.41, 5.74) is 0.574. The maximum Gasteiger partial charge on any atom is 0.407 e. The van der Waals surface area contributed by atoms with Crippen molar-refractivity contribution in [3.8, 4) is 0 Å². The minimum atomic E-state index is -1.25. The Labute approximate surface area is 493 Å². The average Bonchev–Trinajstić information content (AvgIpc) is 3.48. The Morgan fingerprint density at radius 2 is 1.12 bits per heavy atom. The summed E-state index contributed by atoms with van der Waals surface area (Å²) in [6, 6.07) is 12.2. The van der Waals surface area contributed by atoms with E-state index in [-0.39, 0.29) is 64.6 Å². The predicted molar refractivity (Wildman–Crippen MR) is 314 cm³/mol. The normalized spacial score (nSPS) is 16.1. The Morgan fingerprint density at radius 1 is 0.602 bits per heavy atom. The van der Waals surface area contributed by atoms with Crippen LogP contribution in [0, 0.1) is 0 Å². The van der Waals surface area contributed by atoms with Gasteiger partial charge in [-0.3, -0.25) is 53.2 Å². The number of nitrogens with zero attached hydrogens (tertiary/aromatic N) is 5. The lowest BCUT2D eigenvalue weighted by Crippen LogP contribution is -2.51. The zero-order valence-electron chi connectivity index (χ0n) is 50.4. The number of unbranched alkanes of at least 4 members (excludes halogenated alkanes) is 1. The molecule has 5 amide bonds. The van der Waals surface area contributed by atoms with Gasteiger partial charge in [-0.2, -0.15) is 11.8 Å². The van der Waals surface area contributed by atoms with Gasteiger partial charge in [0.2, 0.25) is 17.7 Å². The number of amides is 5. The van der Waals surface area contributed by atoms with Crippen molar-refractivity contribution in [1.82, 2.24) is 45.8 Å². The van der Waals surface area contributed by atoms with E-state index in [4.69, 9.17) is 18.9 Å². The molecular weight excluding hydrogens is 1090 g/mol. The molecule has 24 heteroatoms. The summed E-state index contributed by atoms with van der Waals surface area (Å²) < 4.78 is 22.3. The van der Waals surface area contributed by atoms with Crippen LogP contribution in [-0.2, 0) is 72.1 Å². The van der Waals surface area contributed by atoms with Gasteiger partial charge in [-0.15, -0.1) is 0 Å². The summed E-state index contributed by atoms with van der Waals surface area (Å²) in [5.74, 6) is -3.96. The molecule has 2 aliphatic heterocycles. The van der Waals surface area contributed by atoms with E-state index >= 15 is 0 Å². The first kappa shape index (κ1) is 69.2. The van der Waals surface area contributed by atoms with Crippen LogP contribution in [0.2, 0.25) is 0 Å². The quantitative estimate of drug-likeness (QED) is 0.0541. The monoisotopic (exact) mass is 1180 g/mol. The molecule has 0 radical (unpaired) electrons. The van der Waals surface area contributed by atoms with Crippen molar-refractivity contribution in [3.63, 3.8) is 0 Å². The first-order chi connectivity index (χ1) is 39.1. The van der Waals surface area contributed by atoms with E-state index in [1.54, 1.807) is 79.3 Å². The molecule has 0 spiro atoms. The van der Waals surface area contributed by atoms with Crippen LogP contribution in [-0.4, -0.2) is 222 Å². The first-order valence-corrected chi connectivity index (χ1v) is 29.9. The lowest BCUT2D eigenvalue weighted by molar-refractivity contribution is -0.158. The zero-order valence-corrected chi connectivity index (χ0v) is 51.3. The van der Waals surface area contributed by atoms with Crippen molar-refractivity contribution in [3.05, 3.63) is 70.8 Å². The van der Waals surface area contributed by atoms with Crippen LogP contribution in [0.1, 0.15) is 115 Å². The minimum Gasteiger partial charge on any atom is -0.480 e. The molecule has 462 valence electrons.